The summed E-state index contributed by atoms with van der Waals surface area (Å²) in [4.78, 5) is 1.00. The van der Waals surface area contributed by atoms with Crippen molar-refractivity contribution in [1.29, 1.82) is 0 Å². The van der Waals surface area contributed by atoms with Crippen molar-refractivity contribution in [3.63, 3.8) is 0 Å². The molecule has 1 aromatic carbocycles. The van der Waals surface area contributed by atoms with Crippen molar-refractivity contribution in [2.24, 2.45) is 0 Å². The molecule has 0 radical (unpaired) electrons. The van der Waals surface area contributed by atoms with E-state index >= 15 is 0 Å². The molecule has 0 heterocycles. The van der Waals surface area contributed by atoms with E-state index in [1.54, 1.807) is 17.8 Å². The van der Waals surface area contributed by atoms with Crippen molar-refractivity contribution in [3.05, 3.63) is 24.0 Å². The Bertz CT molecular complexity index is 299. The Morgan fingerprint density at radius 1 is 1.43 bits per heavy atom. The lowest BCUT2D eigenvalue weighted by molar-refractivity contribution is 0.330. The number of rotatable bonds is 4. The fourth-order valence-corrected chi connectivity index (χ4v) is 1.99. The second-order valence-corrected chi connectivity index (χ2v) is 4.81. The van der Waals surface area contributed by atoms with E-state index in [1.807, 2.05) is 6.92 Å². The lowest BCUT2D eigenvalue weighted by Gasteiger charge is -2.11. The summed E-state index contributed by atoms with van der Waals surface area (Å²) in [5.41, 5.74) is 0. The number of halogens is 1. The first kappa shape index (κ1) is 11.4. The van der Waals surface area contributed by atoms with E-state index in [9.17, 15) is 4.39 Å². The summed E-state index contributed by atoms with van der Waals surface area (Å²) < 4.78 is 18.3. The second-order valence-electron chi connectivity index (χ2n) is 3.19. The van der Waals surface area contributed by atoms with Crippen LogP contribution in [0.1, 0.15) is 20.8 Å². The third-order valence-electron chi connectivity index (χ3n) is 1.57. The molecule has 0 fully saturated rings. The lowest BCUT2D eigenvalue weighted by Crippen LogP contribution is -1.96. The second kappa shape index (κ2) is 5.25. The van der Waals surface area contributed by atoms with Gasteiger partial charge in [-0.05, 0) is 19.1 Å². The third kappa shape index (κ3) is 3.22. The summed E-state index contributed by atoms with van der Waals surface area (Å²) in [6.07, 6.45) is 0. The van der Waals surface area contributed by atoms with Crippen molar-refractivity contribution < 1.29 is 9.13 Å². The van der Waals surface area contributed by atoms with Crippen LogP contribution in [0.3, 0.4) is 0 Å². The molecule has 1 rings (SSSR count). The SMILES string of the molecule is CCOc1cc(F)ccc1SC(C)C. The van der Waals surface area contributed by atoms with Crippen LogP contribution < -0.4 is 4.74 Å². The zero-order chi connectivity index (χ0) is 10.6. The molecular weight excluding hydrogens is 199 g/mol. The highest BCUT2D eigenvalue weighted by atomic mass is 32.2. The van der Waals surface area contributed by atoms with Crippen LogP contribution >= 0.6 is 11.8 Å². The van der Waals surface area contributed by atoms with Crippen LogP contribution in [0.5, 0.6) is 5.75 Å². The average molecular weight is 214 g/mol. The fraction of sp³-hybridized carbons (Fsp3) is 0.455. The van der Waals surface area contributed by atoms with Crippen molar-refractivity contribution >= 4 is 11.8 Å². The maximum absolute atomic E-state index is 12.9. The van der Waals surface area contributed by atoms with Crippen LogP contribution in [0.15, 0.2) is 23.1 Å². The average Bonchev–Trinajstić information content (AvgIpc) is 2.09. The van der Waals surface area contributed by atoms with Crippen molar-refractivity contribution in [1.82, 2.24) is 0 Å². The highest BCUT2D eigenvalue weighted by Crippen LogP contribution is 2.32. The molecule has 0 unspecified atom stereocenters. The Balaban J connectivity index is 2.89. The molecule has 78 valence electrons. The van der Waals surface area contributed by atoms with Crippen LogP contribution in [0.4, 0.5) is 4.39 Å². The Morgan fingerprint density at radius 2 is 2.14 bits per heavy atom. The maximum atomic E-state index is 12.9. The molecule has 1 nitrogen and oxygen atoms in total. The van der Waals surface area contributed by atoms with Gasteiger partial charge in [0.2, 0.25) is 0 Å². The minimum Gasteiger partial charge on any atom is -0.493 e. The van der Waals surface area contributed by atoms with E-state index in [-0.39, 0.29) is 5.82 Å². The largest absolute Gasteiger partial charge is 0.493 e. The monoisotopic (exact) mass is 214 g/mol. The first-order valence-electron chi connectivity index (χ1n) is 4.72. The van der Waals surface area contributed by atoms with Crippen molar-refractivity contribution in [2.45, 2.75) is 30.9 Å². The van der Waals surface area contributed by atoms with Gasteiger partial charge in [0.15, 0.2) is 0 Å². The molecule has 0 saturated carbocycles. The molecule has 0 aliphatic rings. The van der Waals surface area contributed by atoms with E-state index in [0.717, 1.165) is 4.90 Å². The van der Waals surface area contributed by atoms with Gasteiger partial charge in [0.25, 0.3) is 0 Å². The summed E-state index contributed by atoms with van der Waals surface area (Å²) in [6.45, 7) is 6.66. The van der Waals surface area contributed by atoms with Gasteiger partial charge in [-0.15, -0.1) is 11.8 Å². The topological polar surface area (TPSA) is 9.23 Å². The Kier molecular flexibility index (Phi) is 4.26. The Hall–Kier alpha value is -0.700. The molecule has 0 aliphatic carbocycles. The maximum Gasteiger partial charge on any atom is 0.135 e. The van der Waals surface area contributed by atoms with E-state index in [4.69, 9.17) is 4.74 Å². The van der Waals surface area contributed by atoms with Gasteiger partial charge < -0.3 is 4.74 Å². The molecule has 0 atom stereocenters. The summed E-state index contributed by atoms with van der Waals surface area (Å²) in [5.74, 6) is 0.396. The van der Waals surface area contributed by atoms with Gasteiger partial charge >= 0.3 is 0 Å². The molecule has 0 saturated heterocycles. The third-order valence-corrected chi connectivity index (χ3v) is 2.63. The summed E-state index contributed by atoms with van der Waals surface area (Å²) in [7, 11) is 0. The number of benzene rings is 1. The van der Waals surface area contributed by atoms with Crippen LogP contribution in [0, 0.1) is 5.82 Å². The molecule has 3 heteroatoms. The van der Waals surface area contributed by atoms with Gasteiger partial charge in [0, 0.05) is 16.2 Å². The van der Waals surface area contributed by atoms with Gasteiger partial charge in [0.05, 0.1) is 6.61 Å². The van der Waals surface area contributed by atoms with Gasteiger partial charge in [-0.1, -0.05) is 13.8 Å². The number of thioether (sulfide) groups is 1. The summed E-state index contributed by atoms with van der Waals surface area (Å²) in [5, 5.41) is 0.472. The first-order chi connectivity index (χ1) is 6.63. The normalized spacial score (nSPS) is 10.6. The minimum atomic E-state index is -0.249. The molecule has 0 aromatic heterocycles. The van der Waals surface area contributed by atoms with E-state index in [1.165, 1.54) is 12.1 Å². The predicted octanol–water partition coefficient (Wildman–Crippen LogP) is 3.72. The number of ether oxygens (including phenoxy) is 1. The highest BCUT2D eigenvalue weighted by Gasteiger charge is 2.07. The zero-order valence-corrected chi connectivity index (χ0v) is 9.53. The van der Waals surface area contributed by atoms with Gasteiger partial charge in [-0.3, -0.25) is 0 Å². The Morgan fingerprint density at radius 3 is 2.71 bits per heavy atom. The summed E-state index contributed by atoms with van der Waals surface area (Å²) >= 11 is 1.68. The summed E-state index contributed by atoms with van der Waals surface area (Å²) in [6, 6.07) is 4.67. The van der Waals surface area contributed by atoms with Gasteiger partial charge in [-0.2, -0.15) is 0 Å². The molecule has 1 aromatic rings. The van der Waals surface area contributed by atoms with E-state index in [2.05, 4.69) is 13.8 Å². The highest BCUT2D eigenvalue weighted by molar-refractivity contribution is 8.00. The van der Waals surface area contributed by atoms with Gasteiger partial charge in [-0.25, -0.2) is 4.39 Å². The first-order valence-corrected chi connectivity index (χ1v) is 5.60. The molecule has 0 spiro atoms. The van der Waals surface area contributed by atoms with E-state index in [0.29, 0.717) is 17.6 Å². The zero-order valence-electron chi connectivity index (χ0n) is 8.71. The van der Waals surface area contributed by atoms with Gasteiger partial charge in [0.1, 0.15) is 11.6 Å². The molecule has 0 aliphatic heterocycles. The van der Waals surface area contributed by atoms with Crippen LogP contribution in [0.2, 0.25) is 0 Å². The van der Waals surface area contributed by atoms with Crippen LogP contribution in [-0.4, -0.2) is 11.9 Å². The smallest absolute Gasteiger partial charge is 0.135 e. The van der Waals surface area contributed by atoms with Crippen LogP contribution in [-0.2, 0) is 0 Å². The standard InChI is InChI=1S/C11H15FOS/c1-4-13-10-7-9(12)5-6-11(10)14-8(2)3/h5-8H,4H2,1-3H3. The minimum absolute atomic E-state index is 0.249. The molecule has 0 amide bonds. The van der Waals surface area contributed by atoms with Crippen LogP contribution in [0.25, 0.3) is 0 Å². The number of hydrogen-bond acceptors (Lipinski definition) is 2. The van der Waals surface area contributed by atoms with Crippen molar-refractivity contribution in [3.8, 4) is 5.75 Å². The molecule has 0 bridgehead atoms. The molecular formula is C11H15FOS. The molecule has 0 N–H and O–H groups in total. The molecule has 14 heavy (non-hydrogen) atoms. The predicted molar refractivity (Wildman–Crippen MR) is 58.6 cm³/mol. The fourth-order valence-electron chi connectivity index (χ4n) is 1.10. The van der Waals surface area contributed by atoms with E-state index < -0.39 is 0 Å². The quantitative estimate of drug-likeness (QED) is 0.706. The number of hydrogen-bond donors (Lipinski definition) is 0. The van der Waals surface area contributed by atoms with Crippen molar-refractivity contribution in [2.75, 3.05) is 6.61 Å². The Labute approximate surface area is 88.7 Å². The lowest BCUT2D eigenvalue weighted by atomic mass is 10.3.